The number of ketones is 1. The van der Waals surface area contributed by atoms with Crippen LogP contribution in [-0.2, 0) is 0 Å². The van der Waals surface area contributed by atoms with E-state index >= 15 is 0 Å². The zero-order valence-electron chi connectivity index (χ0n) is 8.59. The first-order chi connectivity index (χ1) is 7.06. The molecule has 0 unspecified atom stereocenters. The first-order valence-electron chi connectivity index (χ1n) is 4.62. The summed E-state index contributed by atoms with van der Waals surface area (Å²) in [6.07, 6.45) is 0. The van der Waals surface area contributed by atoms with Gasteiger partial charge in [0.15, 0.2) is 10.6 Å². The highest BCUT2D eigenvalue weighted by Gasteiger charge is 2.18. The van der Waals surface area contributed by atoms with E-state index in [1.54, 1.807) is 12.1 Å². The SMILES string of the molecule is CCOc1cc(C)ccc1C(=O)C(Cl)Cl. The van der Waals surface area contributed by atoms with E-state index in [4.69, 9.17) is 27.9 Å². The Bertz CT molecular complexity index is 362. The van der Waals surface area contributed by atoms with Gasteiger partial charge in [0, 0.05) is 0 Å². The van der Waals surface area contributed by atoms with Crippen LogP contribution in [0.4, 0.5) is 0 Å². The smallest absolute Gasteiger partial charge is 0.199 e. The molecule has 82 valence electrons. The molecule has 0 fully saturated rings. The molecule has 0 bridgehead atoms. The number of alkyl halides is 2. The second-order valence-electron chi connectivity index (χ2n) is 3.10. The maximum atomic E-state index is 11.6. The molecule has 0 aliphatic heterocycles. The molecule has 0 N–H and O–H groups in total. The number of carbonyl (C=O) groups excluding carboxylic acids is 1. The van der Waals surface area contributed by atoms with E-state index in [1.807, 2.05) is 19.9 Å². The summed E-state index contributed by atoms with van der Waals surface area (Å²) in [5.74, 6) is 0.204. The van der Waals surface area contributed by atoms with Gasteiger partial charge >= 0.3 is 0 Å². The van der Waals surface area contributed by atoms with Crippen LogP contribution in [0.2, 0.25) is 0 Å². The standard InChI is InChI=1S/C11H12Cl2O2/c1-3-15-9-6-7(2)4-5-8(9)10(14)11(12)13/h4-6,11H,3H2,1-2H3. The van der Waals surface area contributed by atoms with Crippen molar-refractivity contribution >= 4 is 29.0 Å². The Morgan fingerprint density at radius 2 is 2.13 bits per heavy atom. The summed E-state index contributed by atoms with van der Waals surface area (Å²) in [6.45, 7) is 4.28. The van der Waals surface area contributed by atoms with Crippen molar-refractivity contribution in [2.24, 2.45) is 0 Å². The Balaban J connectivity index is 3.10. The third-order valence-corrected chi connectivity index (χ3v) is 2.30. The molecule has 1 aromatic rings. The highest BCUT2D eigenvalue weighted by molar-refractivity contribution is 6.55. The number of hydrogen-bond donors (Lipinski definition) is 0. The van der Waals surface area contributed by atoms with Crippen molar-refractivity contribution < 1.29 is 9.53 Å². The van der Waals surface area contributed by atoms with Gasteiger partial charge in [-0.05, 0) is 31.5 Å². The zero-order valence-corrected chi connectivity index (χ0v) is 10.1. The van der Waals surface area contributed by atoms with E-state index in [-0.39, 0.29) is 5.78 Å². The summed E-state index contributed by atoms with van der Waals surface area (Å²) in [6, 6.07) is 5.30. The Hall–Kier alpha value is -0.730. The summed E-state index contributed by atoms with van der Waals surface area (Å²) >= 11 is 11.1. The molecule has 0 saturated heterocycles. The number of aryl methyl sites for hydroxylation is 1. The summed E-state index contributed by atoms with van der Waals surface area (Å²) in [5, 5.41) is 0. The molecule has 0 aliphatic rings. The molecule has 0 heterocycles. The number of benzene rings is 1. The molecule has 0 spiro atoms. The van der Waals surface area contributed by atoms with Crippen LogP contribution in [0.15, 0.2) is 18.2 Å². The first-order valence-corrected chi connectivity index (χ1v) is 5.49. The lowest BCUT2D eigenvalue weighted by atomic mass is 10.1. The van der Waals surface area contributed by atoms with E-state index < -0.39 is 4.84 Å². The Morgan fingerprint density at radius 3 is 2.67 bits per heavy atom. The predicted molar refractivity (Wildman–Crippen MR) is 62.2 cm³/mol. The average Bonchev–Trinajstić information content (AvgIpc) is 2.17. The second kappa shape index (κ2) is 5.38. The van der Waals surface area contributed by atoms with E-state index in [0.29, 0.717) is 17.9 Å². The Morgan fingerprint density at radius 1 is 1.47 bits per heavy atom. The molecule has 15 heavy (non-hydrogen) atoms. The highest BCUT2D eigenvalue weighted by atomic mass is 35.5. The molecule has 0 saturated carbocycles. The number of Topliss-reactive ketones (excluding diaryl/α,β-unsaturated/α-hetero) is 1. The van der Waals surface area contributed by atoms with E-state index in [0.717, 1.165) is 5.56 Å². The summed E-state index contributed by atoms with van der Waals surface area (Å²) in [4.78, 5) is 10.6. The van der Waals surface area contributed by atoms with Crippen LogP contribution in [0.5, 0.6) is 5.75 Å². The second-order valence-corrected chi connectivity index (χ2v) is 4.19. The number of hydrogen-bond acceptors (Lipinski definition) is 2. The quantitative estimate of drug-likeness (QED) is 0.602. The van der Waals surface area contributed by atoms with Crippen LogP contribution in [0.1, 0.15) is 22.8 Å². The molecule has 1 rings (SSSR count). The van der Waals surface area contributed by atoms with Crippen molar-refractivity contribution in [2.45, 2.75) is 18.7 Å². The van der Waals surface area contributed by atoms with Crippen molar-refractivity contribution in [2.75, 3.05) is 6.61 Å². The average molecular weight is 247 g/mol. The maximum absolute atomic E-state index is 11.6. The van der Waals surface area contributed by atoms with Crippen molar-refractivity contribution in [3.05, 3.63) is 29.3 Å². The minimum atomic E-state index is -1.05. The minimum Gasteiger partial charge on any atom is -0.493 e. The molecule has 0 atom stereocenters. The number of halogens is 2. The monoisotopic (exact) mass is 246 g/mol. The van der Waals surface area contributed by atoms with Gasteiger partial charge in [0.2, 0.25) is 0 Å². The first kappa shape index (κ1) is 12.3. The zero-order chi connectivity index (χ0) is 11.4. The van der Waals surface area contributed by atoms with Crippen molar-refractivity contribution in [3.8, 4) is 5.75 Å². The van der Waals surface area contributed by atoms with Crippen LogP contribution in [0.3, 0.4) is 0 Å². The molecule has 0 amide bonds. The number of rotatable bonds is 4. The van der Waals surface area contributed by atoms with Gasteiger partial charge in [-0.3, -0.25) is 4.79 Å². The van der Waals surface area contributed by atoms with Gasteiger partial charge in [-0.25, -0.2) is 0 Å². The van der Waals surface area contributed by atoms with Crippen molar-refractivity contribution in [3.63, 3.8) is 0 Å². The fourth-order valence-electron chi connectivity index (χ4n) is 1.23. The van der Waals surface area contributed by atoms with Crippen LogP contribution >= 0.6 is 23.2 Å². The lowest BCUT2D eigenvalue weighted by molar-refractivity contribution is 0.100. The van der Waals surface area contributed by atoms with Gasteiger partial charge in [-0.1, -0.05) is 29.3 Å². The lowest BCUT2D eigenvalue weighted by Crippen LogP contribution is -2.10. The van der Waals surface area contributed by atoms with Crippen molar-refractivity contribution in [1.82, 2.24) is 0 Å². The van der Waals surface area contributed by atoms with Crippen LogP contribution < -0.4 is 4.74 Å². The lowest BCUT2D eigenvalue weighted by Gasteiger charge is -2.10. The van der Waals surface area contributed by atoms with Gasteiger partial charge in [0.1, 0.15) is 5.75 Å². The summed E-state index contributed by atoms with van der Waals surface area (Å²) in [5.41, 5.74) is 1.45. The molecular weight excluding hydrogens is 235 g/mol. The number of ether oxygens (including phenoxy) is 1. The topological polar surface area (TPSA) is 26.3 Å². The molecule has 4 heteroatoms. The largest absolute Gasteiger partial charge is 0.493 e. The molecule has 2 nitrogen and oxygen atoms in total. The van der Waals surface area contributed by atoms with E-state index in [1.165, 1.54) is 0 Å². The molecule has 0 aromatic heterocycles. The maximum Gasteiger partial charge on any atom is 0.199 e. The predicted octanol–water partition coefficient (Wildman–Crippen LogP) is 3.38. The van der Waals surface area contributed by atoms with Crippen LogP contribution in [0.25, 0.3) is 0 Å². The van der Waals surface area contributed by atoms with Gasteiger partial charge in [-0.2, -0.15) is 0 Å². The van der Waals surface area contributed by atoms with Crippen LogP contribution in [-0.4, -0.2) is 17.2 Å². The molecule has 0 radical (unpaired) electrons. The Kier molecular flexibility index (Phi) is 4.43. The molecule has 0 aliphatic carbocycles. The van der Waals surface area contributed by atoms with Gasteiger partial charge in [-0.15, -0.1) is 0 Å². The molecule has 1 aromatic carbocycles. The van der Waals surface area contributed by atoms with Gasteiger partial charge < -0.3 is 4.74 Å². The third-order valence-electron chi connectivity index (χ3n) is 1.90. The van der Waals surface area contributed by atoms with Crippen LogP contribution in [0, 0.1) is 6.92 Å². The minimum absolute atomic E-state index is 0.332. The van der Waals surface area contributed by atoms with E-state index in [2.05, 4.69) is 0 Å². The van der Waals surface area contributed by atoms with Gasteiger partial charge in [0.05, 0.1) is 12.2 Å². The normalized spacial score (nSPS) is 10.5. The van der Waals surface area contributed by atoms with Gasteiger partial charge in [0.25, 0.3) is 0 Å². The highest BCUT2D eigenvalue weighted by Crippen LogP contribution is 2.24. The summed E-state index contributed by atoms with van der Waals surface area (Å²) < 4.78 is 5.35. The van der Waals surface area contributed by atoms with E-state index in [9.17, 15) is 4.79 Å². The number of carbonyl (C=O) groups is 1. The molecular formula is C11H12Cl2O2. The Labute approximate surface area is 99.1 Å². The third kappa shape index (κ3) is 3.11. The fourth-order valence-corrected chi connectivity index (χ4v) is 1.46. The van der Waals surface area contributed by atoms with Crippen molar-refractivity contribution in [1.29, 1.82) is 0 Å². The fraction of sp³-hybridized carbons (Fsp3) is 0.364. The summed E-state index contributed by atoms with van der Waals surface area (Å²) in [7, 11) is 0.